The van der Waals surface area contributed by atoms with Gasteiger partial charge in [-0.2, -0.15) is 0 Å². The van der Waals surface area contributed by atoms with Crippen LogP contribution in [0.5, 0.6) is 5.75 Å². The van der Waals surface area contributed by atoms with E-state index in [1.165, 1.54) is 0 Å². The highest BCUT2D eigenvalue weighted by atomic mass is 16.5. The first-order valence-electron chi connectivity index (χ1n) is 14.0. The average molecular weight is 546 g/mol. The Labute approximate surface area is 237 Å². The quantitative estimate of drug-likeness (QED) is 0.186. The molecule has 40 heavy (non-hydrogen) atoms. The Hall–Kier alpha value is -3.62. The van der Waals surface area contributed by atoms with E-state index in [0.717, 1.165) is 64.3 Å². The van der Waals surface area contributed by atoms with E-state index in [-0.39, 0.29) is 6.10 Å². The molecule has 214 valence electrons. The van der Waals surface area contributed by atoms with Gasteiger partial charge in [-0.15, -0.1) is 0 Å². The highest BCUT2D eigenvalue weighted by molar-refractivity contribution is 5.78. The van der Waals surface area contributed by atoms with E-state index >= 15 is 0 Å². The van der Waals surface area contributed by atoms with E-state index in [1.54, 1.807) is 25.1 Å². The molecule has 0 saturated heterocycles. The van der Waals surface area contributed by atoms with Gasteiger partial charge in [-0.1, -0.05) is 31.2 Å². The Morgan fingerprint density at radius 3 is 2.65 bits per heavy atom. The number of benzene rings is 2. The number of hydrogen-bond acceptors (Lipinski definition) is 7. The van der Waals surface area contributed by atoms with Crippen molar-refractivity contribution < 1.29 is 14.6 Å². The molecule has 5 N–H and O–H groups in total. The fourth-order valence-electron chi connectivity index (χ4n) is 5.65. The van der Waals surface area contributed by atoms with E-state index < -0.39 is 17.3 Å². The summed E-state index contributed by atoms with van der Waals surface area (Å²) in [4.78, 5) is 19.3. The number of hydrogen-bond donors (Lipinski definition) is 3. The predicted molar refractivity (Wildman–Crippen MR) is 160 cm³/mol. The molecule has 1 aliphatic heterocycles. The van der Waals surface area contributed by atoms with Gasteiger partial charge in [0.2, 0.25) is 0 Å². The van der Waals surface area contributed by atoms with Crippen molar-refractivity contribution in [2.75, 3.05) is 23.8 Å². The van der Waals surface area contributed by atoms with Crippen LogP contribution in [0.25, 0.3) is 0 Å². The third kappa shape index (κ3) is 5.78. The summed E-state index contributed by atoms with van der Waals surface area (Å²) in [6.07, 6.45) is 4.64. The van der Waals surface area contributed by atoms with Crippen LogP contribution in [0.2, 0.25) is 0 Å². The van der Waals surface area contributed by atoms with Crippen LogP contribution in [0.3, 0.4) is 0 Å². The first-order chi connectivity index (χ1) is 19.0. The molecule has 2 unspecified atom stereocenters. The van der Waals surface area contributed by atoms with Crippen molar-refractivity contribution in [3.63, 3.8) is 0 Å². The Balaban J connectivity index is 1.76. The molecule has 2 heterocycles. The Morgan fingerprint density at radius 1 is 1.23 bits per heavy atom. The van der Waals surface area contributed by atoms with Gasteiger partial charge in [0.15, 0.2) is 0 Å². The largest absolute Gasteiger partial charge is 0.489 e. The van der Waals surface area contributed by atoms with Gasteiger partial charge in [-0.05, 0) is 81.0 Å². The number of ether oxygens (including phenoxy) is 1. The van der Waals surface area contributed by atoms with Crippen LogP contribution < -0.4 is 21.3 Å². The van der Waals surface area contributed by atoms with Crippen LogP contribution >= 0.6 is 0 Å². The summed E-state index contributed by atoms with van der Waals surface area (Å²) in [5.41, 5.74) is 12.9. The Kier molecular flexibility index (Phi) is 8.71. The maximum absolute atomic E-state index is 12.6. The second-order valence-corrected chi connectivity index (χ2v) is 11.4. The molecule has 2 atom stereocenters. The van der Waals surface area contributed by atoms with E-state index in [4.69, 9.17) is 16.3 Å². The van der Waals surface area contributed by atoms with E-state index in [2.05, 4.69) is 41.9 Å². The fourth-order valence-corrected chi connectivity index (χ4v) is 5.65. The van der Waals surface area contributed by atoms with Crippen LogP contribution in [-0.4, -0.2) is 40.2 Å². The number of carbonyl (C=O) groups is 1. The average Bonchev–Trinajstić information content (AvgIpc) is 3.11. The number of aromatic nitrogens is 1. The first kappa shape index (κ1) is 29.4. The minimum atomic E-state index is -1.09. The number of nitrogens with zero attached hydrogens (tertiary/aromatic N) is 3. The monoisotopic (exact) mass is 545 g/mol. The van der Waals surface area contributed by atoms with Gasteiger partial charge in [0.05, 0.1) is 16.8 Å². The lowest BCUT2D eigenvalue weighted by atomic mass is 9.69. The lowest BCUT2D eigenvalue weighted by molar-refractivity contribution is -0.147. The van der Waals surface area contributed by atoms with Gasteiger partial charge in [0.1, 0.15) is 11.9 Å². The number of hydrazine groups is 1. The number of aliphatic carboxylic acids is 1. The summed E-state index contributed by atoms with van der Waals surface area (Å²) in [6.45, 7) is 14.6. The van der Waals surface area contributed by atoms with Gasteiger partial charge in [-0.3, -0.25) is 14.7 Å². The minimum absolute atomic E-state index is 0.0835. The number of aryl methyl sites for hydroxylation is 1. The molecule has 0 amide bonds. The van der Waals surface area contributed by atoms with Crippen LogP contribution in [0.15, 0.2) is 48.8 Å². The van der Waals surface area contributed by atoms with Gasteiger partial charge < -0.3 is 20.6 Å². The summed E-state index contributed by atoms with van der Waals surface area (Å²) in [6, 6.07) is 12.1. The molecule has 3 aromatic rings. The standard InChI is InChI=1S/C32H43N5O3/c1-7-25-19-36(18-24-16-35-14-13-28(24)40-25)17-23-15-22(10-9-20(23)3)29(32(5,6)31(38)39)26-11-12-27(37(34)8-2)30(33)21(26)4/h9-16,25,29H,7-8,17-19,33-34H2,1-6H3,(H,38,39). The maximum Gasteiger partial charge on any atom is 0.310 e. The predicted octanol–water partition coefficient (Wildman–Crippen LogP) is 5.40. The van der Waals surface area contributed by atoms with Gasteiger partial charge in [0.25, 0.3) is 0 Å². The number of carboxylic acids is 1. The lowest BCUT2D eigenvalue weighted by Crippen LogP contribution is -2.34. The zero-order valence-corrected chi connectivity index (χ0v) is 24.6. The van der Waals surface area contributed by atoms with Crippen LogP contribution in [0, 0.1) is 19.3 Å². The highest BCUT2D eigenvalue weighted by Crippen LogP contribution is 2.45. The topological polar surface area (TPSA) is 118 Å². The second-order valence-electron chi connectivity index (χ2n) is 11.4. The smallest absolute Gasteiger partial charge is 0.310 e. The van der Waals surface area contributed by atoms with Crippen LogP contribution in [0.1, 0.15) is 73.4 Å². The summed E-state index contributed by atoms with van der Waals surface area (Å²) in [7, 11) is 0. The summed E-state index contributed by atoms with van der Waals surface area (Å²) in [5, 5.41) is 12.0. The van der Waals surface area contributed by atoms with E-state index in [1.807, 2.05) is 38.2 Å². The highest BCUT2D eigenvalue weighted by Gasteiger charge is 2.40. The maximum atomic E-state index is 12.6. The molecule has 0 saturated carbocycles. The molecule has 1 aromatic heterocycles. The van der Waals surface area contributed by atoms with Crippen molar-refractivity contribution in [2.24, 2.45) is 11.3 Å². The van der Waals surface area contributed by atoms with Crippen molar-refractivity contribution in [3.05, 3.63) is 82.2 Å². The number of carboxylic acid groups (broad SMARTS) is 1. The molecule has 0 bridgehead atoms. The molecule has 8 heteroatoms. The van der Waals surface area contributed by atoms with Gasteiger partial charge >= 0.3 is 5.97 Å². The van der Waals surface area contributed by atoms with Crippen molar-refractivity contribution in [3.8, 4) is 5.75 Å². The van der Waals surface area contributed by atoms with Gasteiger partial charge in [0, 0.05) is 50.1 Å². The number of nitrogens with two attached hydrogens (primary N) is 2. The van der Waals surface area contributed by atoms with Crippen molar-refractivity contribution in [1.29, 1.82) is 0 Å². The molecular weight excluding hydrogens is 502 g/mol. The zero-order chi connectivity index (χ0) is 29.2. The first-order valence-corrected chi connectivity index (χ1v) is 14.0. The number of rotatable bonds is 9. The third-order valence-electron chi connectivity index (χ3n) is 8.33. The molecule has 0 aliphatic carbocycles. The fraction of sp³-hybridized carbons (Fsp3) is 0.438. The third-order valence-corrected chi connectivity index (χ3v) is 8.33. The Bertz CT molecular complexity index is 1370. The summed E-state index contributed by atoms with van der Waals surface area (Å²) in [5.74, 6) is 5.77. The van der Waals surface area contributed by atoms with Crippen LogP contribution in [-0.2, 0) is 17.9 Å². The van der Waals surface area contributed by atoms with Crippen molar-refractivity contribution >= 4 is 17.3 Å². The van der Waals surface area contributed by atoms with Gasteiger partial charge in [-0.25, -0.2) is 5.84 Å². The van der Waals surface area contributed by atoms with Crippen LogP contribution in [0.4, 0.5) is 11.4 Å². The molecule has 8 nitrogen and oxygen atoms in total. The molecule has 0 radical (unpaired) electrons. The normalized spacial score (nSPS) is 16.5. The molecule has 0 spiro atoms. The summed E-state index contributed by atoms with van der Waals surface area (Å²) < 4.78 is 6.28. The number of fused-ring (bicyclic) bond motifs is 1. The molecule has 2 aromatic carbocycles. The lowest BCUT2D eigenvalue weighted by Gasteiger charge is -2.34. The SMILES string of the molecule is CCC1CN(Cc2cc(C(c3ccc(N(N)CC)c(N)c3C)C(C)(C)C(=O)O)ccc2C)Cc2cnccc2O1. The second kappa shape index (κ2) is 11.9. The van der Waals surface area contributed by atoms with E-state index in [9.17, 15) is 9.90 Å². The van der Waals surface area contributed by atoms with Crippen molar-refractivity contribution in [2.45, 2.75) is 73.1 Å². The number of pyridine rings is 1. The minimum Gasteiger partial charge on any atom is -0.489 e. The van der Waals surface area contributed by atoms with E-state index in [0.29, 0.717) is 18.8 Å². The summed E-state index contributed by atoms with van der Waals surface area (Å²) >= 11 is 0. The zero-order valence-electron chi connectivity index (χ0n) is 24.6. The van der Waals surface area contributed by atoms with Crippen molar-refractivity contribution in [1.82, 2.24) is 9.88 Å². The number of nitrogen functional groups attached to an aromatic ring is 1. The Morgan fingerprint density at radius 2 is 1.98 bits per heavy atom. The molecule has 4 rings (SSSR count). The molecule has 0 fully saturated rings. The molecule has 1 aliphatic rings. The number of anilines is 2. The molecular formula is C32H43N5O3.